The van der Waals surface area contributed by atoms with Crippen molar-refractivity contribution in [2.45, 2.75) is 17.8 Å². The van der Waals surface area contributed by atoms with Crippen LogP contribution in [-0.4, -0.2) is 34.1 Å². The molecule has 1 aromatic heterocycles. The first kappa shape index (κ1) is 22.2. The van der Waals surface area contributed by atoms with Crippen molar-refractivity contribution in [3.05, 3.63) is 64.6 Å². The van der Waals surface area contributed by atoms with E-state index >= 15 is 0 Å². The molecule has 0 radical (unpaired) electrons. The van der Waals surface area contributed by atoms with Crippen LogP contribution in [-0.2, 0) is 22.2 Å². The summed E-state index contributed by atoms with van der Waals surface area (Å²) in [4.78, 5) is 41.9. The molecule has 0 aliphatic heterocycles. The summed E-state index contributed by atoms with van der Waals surface area (Å²) >= 11 is 0.882. The summed E-state index contributed by atoms with van der Waals surface area (Å²) in [5, 5.41) is 5.02. The van der Waals surface area contributed by atoms with Gasteiger partial charge in [0.2, 0.25) is 11.8 Å². The second-order valence-corrected chi connectivity index (χ2v) is 6.69. The lowest BCUT2D eigenvalue weighted by atomic mass is 10.2. The van der Waals surface area contributed by atoms with Crippen molar-refractivity contribution >= 4 is 29.3 Å². The van der Waals surface area contributed by atoms with Gasteiger partial charge in [-0.2, -0.15) is 13.2 Å². The number of alkyl halides is 3. The molecule has 0 bridgehead atoms. The summed E-state index contributed by atoms with van der Waals surface area (Å²) in [6.45, 7) is 3.75. The second kappa shape index (κ2) is 9.92. The normalized spacial score (nSPS) is 11.0. The van der Waals surface area contributed by atoms with Gasteiger partial charge in [0.25, 0.3) is 5.56 Å². The summed E-state index contributed by atoms with van der Waals surface area (Å²) in [5.74, 6) is -1.13. The van der Waals surface area contributed by atoms with Crippen LogP contribution in [0.15, 0.2) is 52.9 Å². The van der Waals surface area contributed by atoms with Crippen molar-refractivity contribution in [2.24, 2.45) is 0 Å². The molecule has 1 aromatic carbocycles. The van der Waals surface area contributed by atoms with E-state index < -0.39 is 23.2 Å². The van der Waals surface area contributed by atoms with Crippen LogP contribution >= 0.6 is 11.8 Å². The first-order chi connectivity index (χ1) is 13.7. The minimum absolute atomic E-state index is 0.000446. The molecule has 3 N–H and O–H groups in total. The Morgan fingerprint density at radius 1 is 1.24 bits per heavy atom. The van der Waals surface area contributed by atoms with E-state index in [2.05, 4.69) is 27.2 Å². The number of carbonyl (C=O) groups excluding carboxylic acids is 2. The molecule has 29 heavy (non-hydrogen) atoms. The lowest BCUT2D eigenvalue weighted by molar-refractivity contribution is -0.137. The van der Waals surface area contributed by atoms with Crippen LogP contribution in [0.5, 0.6) is 0 Å². The fourth-order valence-electron chi connectivity index (χ4n) is 2.16. The number of rotatable bonds is 8. The quantitative estimate of drug-likeness (QED) is 0.342. The van der Waals surface area contributed by atoms with Crippen LogP contribution in [0.25, 0.3) is 0 Å². The number of H-pyrrole nitrogens is 1. The van der Waals surface area contributed by atoms with E-state index in [1.54, 1.807) is 0 Å². The number of amides is 2. The number of carbonyl (C=O) groups is 2. The number of anilines is 1. The summed E-state index contributed by atoms with van der Waals surface area (Å²) in [5.41, 5.74) is -1.15. The van der Waals surface area contributed by atoms with Gasteiger partial charge in [0.05, 0.1) is 23.4 Å². The number of aromatic amines is 1. The van der Waals surface area contributed by atoms with E-state index in [0.717, 1.165) is 23.9 Å². The number of halogens is 3. The van der Waals surface area contributed by atoms with Gasteiger partial charge >= 0.3 is 6.18 Å². The highest BCUT2D eigenvalue weighted by atomic mass is 32.2. The number of benzene rings is 1. The van der Waals surface area contributed by atoms with Gasteiger partial charge in [0, 0.05) is 18.3 Å². The first-order valence-corrected chi connectivity index (χ1v) is 9.23. The zero-order chi connectivity index (χ0) is 21.4. The topological polar surface area (TPSA) is 104 Å². The van der Waals surface area contributed by atoms with Gasteiger partial charge in [-0.05, 0) is 18.2 Å². The largest absolute Gasteiger partial charge is 0.416 e. The van der Waals surface area contributed by atoms with Crippen LogP contribution in [0.1, 0.15) is 11.3 Å². The fourth-order valence-corrected chi connectivity index (χ4v) is 2.85. The summed E-state index contributed by atoms with van der Waals surface area (Å²) in [6.07, 6.45) is -3.13. The van der Waals surface area contributed by atoms with Crippen molar-refractivity contribution in [3.63, 3.8) is 0 Å². The molecule has 0 atom stereocenters. The Morgan fingerprint density at radius 2 is 2.00 bits per heavy atom. The Morgan fingerprint density at radius 3 is 2.69 bits per heavy atom. The number of hydrogen-bond donors (Lipinski definition) is 3. The minimum atomic E-state index is -4.52. The molecule has 7 nitrogen and oxygen atoms in total. The molecule has 2 amide bonds. The monoisotopic (exact) mass is 426 g/mol. The Hall–Kier alpha value is -3.08. The average molecular weight is 426 g/mol. The third kappa shape index (κ3) is 7.45. The van der Waals surface area contributed by atoms with Crippen LogP contribution in [0.3, 0.4) is 0 Å². The van der Waals surface area contributed by atoms with Crippen LogP contribution < -0.4 is 16.2 Å². The maximum Gasteiger partial charge on any atom is 0.416 e. The number of nitrogens with zero attached hydrogens (tertiary/aromatic N) is 1. The number of hydrogen-bond acceptors (Lipinski definition) is 5. The lowest BCUT2D eigenvalue weighted by Crippen LogP contribution is -2.26. The Kier molecular flexibility index (Phi) is 7.59. The summed E-state index contributed by atoms with van der Waals surface area (Å²) in [6, 6.07) is 5.41. The SMILES string of the molecule is C=CCNC(=O)Cc1cc(=O)[nH]c(SCC(=O)Nc2cccc(C(F)(F)F)c2)n1. The van der Waals surface area contributed by atoms with Gasteiger partial charge in [-0.1, -0.05) is 23.9 Å². The molecule has 0 fully saturated rings. The van der Waals surface area contributed by atoms with Gasteiger partial charge in [0.15, 0.2) is 5.16 Å². The zero-order valence-electron chi connectivity index (χ0n) is 15.0. The summed E-state index contributed by atoms with van der Waals surface area (Å²) in [7, 11) is 0. The van der Waals surface area contributed by atoms with Crippen molar-refractivity contribution in [1.82, 2.24) is 15.3 Å². The molecule has 1 heterocycles. The van der Waals surface area contributed by atoms with Crippen LogP contribution in [0, 0.1) is 0 Å². The highest BCUT2D eigenvalue weighted by molar-refractivity contribution is 7.99. The van der Waals surface area contributed by atoms with Crippen molar-refractivity contribution in [3.8, 4) is 0 Å². The van der Waals surface area contributed by atoms with E-state index in [9.17, 15) is 27.6 Å². The van der Waals surface area contributed by atoms with Crippen molar-refractivity contribution in [1.29, 1.82) is 0 Å². The van der Waals surface area contributed by atoms with Crippen molar-refractivity contribution in [2.75, 3.05) is 17.6 Å². The van der Waals surface area contributed by atoms with E-state index in [1.807, 2.05) is 0 Å². The number of thioether (sulfide) groups is 1. The number of aromatic nitrogens is 2. The highest BCUT2D eigenvalue weighted by Gasteiger charge is 2.30. The van der Waals surface area contributed by atoms with Gasteiger partial charge in [-0.25, -0.2) is 4.98 Å². The maximum absolute atomic E-state index is 12.7. The molecule has 154 valence electrons. The Balaban J connectivity index is 1.97. The van der Waals surface area contributed by atoms with Gasteiger partial charge in [-0.15, -0.1) is 6.58 Å². The third-order valence-corrected chi connectivity index (χ3v) is 4.25. The molecule has 0 saturated heterocycles. The maximum atomic E-state index is 12.7. The Labute approximate surface area is 167 Å². The van der Waals surface area contributed by atoms with Gasteiger partial charge in [-0.3, -0.25) is 14.4 Å². The van der Waals surface area contributed by atoms with Gasteiger partial charge in [0.1, 0.15) is 0 Å². The van der Waals surface area contributed by atoms with E-state index in [0.29, 0.717) is 0 Å². The van der Waals surface area contributed by atoms with E-state index in [4.69, 9.17) is 0 Å². The second-order valence-electron chi connectivity index (χ2n) is 5.73. The molecular weight excluding hydrogens is 409 g/mol. The molecule has 0 saturated carbocycles. The number of nitrogens with one attached hydrogen (secondary N) is 3. The molecule has 2 rings (SSSR count). The lowest BCUT2D eigenvalue weighted by Gasteiger charge is -2.10. The molecule has 0 aliphatic carbocycles. The van der Waals surface area contributed by atoms with Crippen LogP contribution in [0.4, 0.5) is 18.9 Å². The van der Waals surface area contributed by atoms with Crippen LogP contribution in [0.2, 0.25) is 0 Å². The zero-order valence-corrected chi connectivity index (χ0v) is 15.8. The molecule has 0 unspecified atom stereocenters. The molecular formula is C18H17F3N4O3S. The van der Waals surface area contributed by atoms with Gasteiger partial charge < -0.3 is 15.6 Å². The molecule has 2 aromatic rings. The van der Waals surface area contributed by atoms with E-state index in [-0.39, 0.29) is 41.2 Å². The fraction of sp³-hybridized carbons (Fsp3) is 0.222. The summed E-state index contributed by atoms with van der Waals surface area (Å²) < 4.78 is 38.2. The Bertz CT molecular complexity index is 960. The third-order valence-electron chi connectivity index (χ3n) is 3.37. The average Bonchev–Trinajstić information content (AvgIpc) is 2.64. The molecule has 0 spiro atoms. The smallest absolute Gasteiger partial charge is 0.352 e. The standard InChI is InChI=1S/C18H17F3N4O3S/c1-2-6-22-14(26)8-13-9-15(27)25-17(24-13)29-10-16(28)23-12-5-3-4-11(7-12)18(19,20)21/h2-5,7,9H,1,6,8,10H2,(H,22,26)(H,23,28)(H,24,25,27). The predicted octanol–water partition coefficient (Wildman–Crippen LogP) is 2.36. The predicted molar refractivity (Wildman–Crippen MR) is 103 cm³/mol. The molecule has 11 heteroatoms. The minimum Gasteiger partial charge on any atom is -0.352 e. The highest BCUT2D eigenvalue weighted by Crippen LogP contribution is 2.30. The van der Waals surface area contributed by atoms with Crippen molar-refractivity contribution < 1.29 is 22.8 Å². The van der Waals surface area contributed by atoms with E-state index in [1.165, 1.54) is 24.3 Å². The first-order valence-electron chi connectivity index (χ1n) is 8.25. The molecule has 0 aliphatic rings.